The molecule has 0 bridgehead atoms. The highest BCUT2D eigenvalue weighted by Gasteiger charge is 2.35. The van der Waals surface area contributed by atoms with Gasteiger partial charge in [-0.1, -0.05) is 57.9 Å². The summed E-state index contributed by atoms with van der Waals surface area (Å²) >= 11 is 0. The molecule has 1 saturated carbocycles. The number of hydrogen-bond donors (Lipinski definition) is 1. The van der Waals surface area contributed by atoms with E-state index < -0.39 is 0 Å². The SMILES string of the molecule is CC(C)c1ccc(CC(O)C2(C)CCCC2)cc1. The lowest BCUT2D eigenvalue weighted by molar-refractivity contribution is 0.0424. The van der Waals surface area contributed by atoms with Crippen LogP contribution in [0.2, 0.25) is 0 Å². The van der Waals surface area contributed by atoms with Gasteiger partial charge in [0.05, 0.1) is 6.10 Å². The van der Waals surface area contributed by atoms with Crippen molar-refractivity contribution < 1.29 is 5.11 Å². The van der Waals surface area contributed by atoms with Crippen LogP contribution < -0.4 is 0 Å². The minimum Gasteiger partial charge on any atom is -0.392 e. The largest absolute Gasteiger partial charge is 0.392 e. The van der Waals surface area contributed by atoms with Crippen LogP contribution >= 0.6 is 0 Å². The van der Waals surface area contributed by atoms with Crippen molar-refractivity contribution in [3.8, 4) is 0 Å². The van der Waals surface area contributed by atoms with Crippen LogP contribution in [0.5, 0.6) is 0 Å². The molecule has 1 aromatic rings. The van der Waals surface area contributed by atoms with Crippen LogP contribution in [-0.4, -0.2) is 11.2 Å². The molecule has 1 aliphatic carbocycles. The fourth-order valence-corrected chi connectivity index (χ4v) is 3.02. The van der Waals surface area contributed by atoms with Gasteiger partial charge in [0, 0.05) is 0 Å². The van der Waals surface area contributed by atoms with Crippen molar-refractivity contribution in [2.45, 2.75) is 64.9 Å². The summed E-state index contributed by atoms with van der Waals surface area (Å²) in [7, 11) is 0. The van der Waals surface area contributed by atoms with Gasteiger partial charge in [0.25, 0.3) is 0 Å². The average Bonchev–Trinajstić information content (AvgIpc) is 2.78. The van der Waals surface area contributed by atoms with Gasteiger partial charge in [-0.25, -0.2) is 0 Å². The van der Waals surface area contributed by atoms with E-state index in [1.54, 1.807) is 0 Å². The van der Waals surface area contributed by atoms with Gasteiger partial charge in [0.1, 0.15) is 0 Å². The Morgan fingerprint density at radius 1 is 1.11 bits per heavy atom. The second kappa shape index (κ2) is 5.44. The molecule has 100 valence electrons. The van der Waals surface area contributed by atoms with Crippen LogP contribution in [0.25, 0.3) is 0 Å². The van der Waals surface area contributed by atoms with Crippen molar-refractivity contribution in [1.82, 2.24) is 0 Å². The summed E-state index contributed by atoms with van der Waals surface area (Å²) < 4.78 is 0. The molecule has 0 saturated heterocycles. The minimum atomic E-state index is -0.190. The quantitative estimate of drug-likeness (QED) is 0.840. The number of aliphatic hydroxyl groups excluding tert-OH is 1. The Kier molecular flexibility index (Phi) is 4.11. The van der Waals surface area contributed by atoms with Crippen LogP contribution in [0.1, 0.15) is 63.5 Å². The van der Waals surface area contributed by atoms with Crippen molar-refractivity contribution in [2.24, 2.45) is 5.41 Å². The third-order valence-electron chi connectivity index (χ3n) is 4.63. The third kappa shape index (κ3) is 2.95. The molecule has 1 heteroatoms. The first-order valence-corrected chi connectivity index (χ1v) is 7.28. The van der Waals surface area contributed by atoms with Gasteiger partial charge in [-0.3, -0.25) is 0 Å². The highest BCUT2D eigenvalue weighted by molar-refractivity contribution is 5.25. The number of benzene rings is 1. The summed E-state index contributed by atoms with van der Waals surface area (Å²) in [4.78, 5) is 0. The molecule has 0 radical (unpaired) electrons. The van der Waals surface area contributed by atoms with E-state index in [0.717, 1.165) is 6.42 Å². The Morgan fingerprint density at radius 3 is 2.17 bits per heavy atom. The lowest BCUT2D eigenvalue weighted by Gasteiger charge is -2.30. The zero-order valence-corrected chi connectivity index (χ0v) is 11.9. The molecular formula is C17H26O. The Morgan fingerprint density at radius 2 is 1.67 bits per heavy atom. The van der Waals surface area contributed by atoms with Crippen LogP contribution in [0, 0.1) is 5.41 Å². The van der Waals surface area contributed by atoms with E-state index >= 15 is 0 Å². The minimum absolute atomic E-state index is 0.150. The Bertz CT molecular complexity index is 371. The van der Waals surface area contributed by atoms with Crippen molar-refractivity contribution in [3.05, 3.63) is 35.4 Å². The second-order valence-corrected chi connectivity index (χ2v) is 6.48. The van der Waals surface area contributed by atoms with Gasteiger partial charge in [0.15, 0.2) is 0 Å². The molecule has 0 aliphatic heterocycles. The zero-order valence-electron chi connectivity index (χ0n) is 11.9. The third-order valence-corrected chi connectivity index (χ3v) is 4.63. The van der Waals surface area contributed by atoms with Crippen LogP contribution in [-0.2, 0) is 6.42 Å². The predicted molar refractivity (Wildman–Crippen MR) is 76.8 cm³/mol. The zero-order chi connectivity index (χ0) is 13.2. The molecule has 1 atom stereocenters. The maximum atomic E-state index is 10.4. The molecule has 2 rings (SSSR count). The molecule has 1 aliphatic rings. The summed E-state index contributed by atoms with van der Waals surface area (Å²) in [5, 5.41) is 10.4. The van der Waals surface area contributed by atoms with Gasteiger partial charge in [0.2, 0.25) is 0 Å². The second-order valence-electron chi connectivity index (χ2n) is 6.48. The van der Waals surface area contributed by atoms with E-state index in [2.05, 4.69) is 45.0 Å². The van der Waals surface area contributed by atoms with Crippen LogP contribution in [0.15, 0.2) is 24.3 Å². The summed E-state index contributed by atoms with van der Waals surface area (Å²) in [6, 6.07) is 8.75. The Hall–Kier alpha value is -0.820. The van der Waals surface area contributed by atoms with Gasteiger partial charge >= 0.3 is 0 Å². The molecule has 0 spiro atoms. The highest BCUT2D eigenvalue weighted by atomic mass is 16.3. The molecule has 1 unspecified atom stereocenters. The van der Waals surface area contributed by atoms with Crippen molar-refractivity contribution >= 4 is 0 Å². The first-order chi connectivity index (χ1) is 8.51. The standard InChI is InChI=1S/C17H26O/c1-13(2)15-8-6-14(7-9-15)12-16(18)17(3)10-4-5-11-17/h6-9,13,16,18H,4-5,10-12H2,1-3H3. The first kappa shape index (κ1) is 13.6. The van der Waals surface area contributed by atoms with Crippen LogP contribution in [0.3, 0.4) is 0 Å². The van der Waals surface area contributed by atoms with Gasteiger partial charge in [-0.05, 0) is 41.7 Å². The van der Waals surface area contributed by atoms with Crippen molar-refractivity contribution in [3.63, 3.8) is 0 Å². The van der Waals surface area contributed by atoms with Gasteiger partial charge in [-0.2, -0.15) is 0 Å². The molecule has 0 heterocycles. The predicted octanol–water partition coefficient (Wildman–Crippen LogP) is 4.29. The number of hydrogen-bond acceptors (Lipinski definition) is 1. The highest BCUT2D eigenvalue weighted by Crippen LogP contribution is 2.41. The fourth-order valence-electron chi connectivity index (χ4n) is 3.02. The number of aliphatic hydroxyl groups is 1. The smallest absolute Gasteiger partial charge is 0.0634 e. The Balaban J connectivity index is 2.00. The van der Waals surface area contributed by atoms with E-state index in [4.69, 9.17) is 0 Å². The molecule has 1 nitrogen and oxygen atoms in total. The summed E-state index contributed by atoms with van der Waals surface area (Å²) in [5.74, 6) is 0.580. The van der Waals surface area contributed by atoms with Gasteiger partial charge in [-0.15, -0.1) is 0 Å². The average molecular weight is 246 g/mol. The van der Waals surface area contributed by atoms with E-state index in [9.17, 15) is 5.11 Å². The normalized spacial score (nSPS) is 20.3. The molecule has 18 heavy (non-hydrogen) atoms. The molecule has 1 fully saturated rings. The Labute approximate surface area is 111 Å². The van der Waals surface area contributed by atoms with E-state index in [0.29, 0.717) is 5.92 Å². The first-order valence-electron chi connectivity index (χ1n) is 7.28. The van der Waals surface area contributed by atoms with Gasteiger partial charge < -0.3 is 5.11 Å². The molecule has 0 aromatic heterocycles. The summed E-state index contributed by atoms with van der Waals surface area (Å²) in [6.07, 6.45) is 5.52. The summed E-state index contributed by atoms with van der Waals surface area (Å²) in [6.45, 7) is 6.67. The molecule has 1 aromatic carbocycles. The maximum absolute atomic E-state index is 10.4. The van der Waals surface area contributed by atoms with Crippen molar-refractivity contribution in [2.75, 3.05) is 0 Å². The van der Waals surface area contributed by atoms with E-state index in [1.165, 1.54) is 36.8 Å². The monoisotopic (exact) mass is 246 g/mol. The van der Waals surface area contributed by atoms with Crippen LogP contribution in [0.4, 0.5) is 0 Å². The lowest BCUT2D eigenvalue weighted by Crippen LogP contribution is -2.31. The molecule has 0 amide bonds. The topological polar surface area (TPSA) is 20.2 Å². The van der Waals surface area contributed by atoms with E-state index in [-0.39, 0.29) is 11.5 Å². The summed E-state index contributed by atoms with van der Waals surface area (Å²) in [5.41, 5.74) is 2.79. The maximum Gasteiger partial charge on any atom is 0.0634 e. The molecule has 1 N–H and O–H groups in total. The molecular weight excluding hydrogens is 220 g/mol. The van der Waals surface area contributed by atoms with E-state index in [1.807, 2.05) is 0 Å². The lowest BCUT2D eigenvalue weighted by atomic mass is 9.80. The van der Waals surface area contributed by atoms with Crippen molar-refractivity contribution in [1.29, 1.82) is 0 Å². The fraction of sp³-hybridized carbons (Fsp3) is 0.647. The number of rotatable bonds is 4.